The van der Waals surface area contributed by atoms with Gasteiger partial charge in [0.05, 0.1) is 5.69 Å². The lowest BCUT2D eigenvalue weighted by atomic mass is 9.98. The van der Waals surface area contributed by atoms with Crippen molar-refractivity contribution in [2.45, 2.75) is 25.9 Å². The highest BCUT2D eigenvalue weighted by Gasteiger charge is 2.31. The van der Waals surface area contributed by atoms with Gasteiger partial charge in [0, 0.05) is 50.3 Å². The van der Waals surface area contributed by atoms with Crippen LogP contribution in [-0.4, -0.2) is 33.8 Å². The number of aryl methyl sites for hydroxylation is 2. The molecule has 0 radical (unpaired) electrons. The van der Waals surface area contributed by atoms with Gasteiger partial charge in [0.2, 0.25) is 0 Å². The maximum Gasteiger partial charge on any atom is 0.251 e. The average molecular weight is 314 g/mol. The van der Waals surface area contributed by atoms with Gasteiger partial charge in [-0.1, -0.05) is 6.92 Å². The topological polar surface area (TPSA) is 69.0 Å². The summed E-state index contributed by atoms with van der Waals surface area (Å²) in [5.74, 6) is 0.223. The van der Waals surface area contributed by atoms with Gasteiger partial charge in [-0.25, -0.2) is 0 Å². The van der Waals surface area contributed by atoms with Crippen molar-refractivity contribution in [2.75, 3.05) is 13.2 Å². The van der Waals surface area contributed by atoms with E-state index in [0.29, 0.717) is 18.7 Å². The van der Waals surface area contributed by atoms with Crippen LogP contribution in [0.1, 0.15) is 41.1 Å². The number of carbonyl (C=O) groups is 1. The van der Waals surface area contributed by atoms with E-state index in [4.69, 9.17) is 4.74 Å². The fraction of sp³-hybridized carbons (Fsp3) is 0.471. The van der Waals surface area contributed by atoms with Crippen LogP contribution in [0, 0.1) is 5.92 Å². The summed E-state index contributed by atoms with van der Waals surface area (Å²) in [5.41, 5.74) is 2.73. The molecule has 3 rings (SSSR count). The number of hydrogen-bond acceptors (Lipinski definition) is 4. The van der Waals surface area contributed by atoms with Crippen LogP contribution in [-0.2, 0) is 18.2 Å². The predicted octanol–water partition coefficient (Wildman–Crippen LogP) is 1.89. The molecule has 1 aliphatic heterocycles. The van der Waals surface area contributed by atoms with Crippen LogP contribution in [0.15, 0.2) is 30.7 Å². The van der Waals surface area contributed by atoms with Gasteiger partial charge in [0.25, 0.3) is 5.91 Å². The van der Waals surface area contributed by atoms with Crippen LogP contribution in [0.2, 0.25) is 0 Å². The molecule has 2 aromatic heterocycles. The van der Waals surface area contributed by atoms with Crippen molar-refractivity contribution in [3.05, 3.63) is 47.5 Å². The summed E-state index contributed by atoms with van der Waals surface area (Å²) >= 11 is 0. The Kier molecular flexibility index (Phi) is 4.71. The van der Waals surface area contributed by atoms with Crippen LogP contribution < -0.4 is 5.32 Å². The molecular weight excluding hydrogens is 292 g/mol. The van der Waals surface area contributed by atoms with E-state index in [1.807, 2.05) is 24.7 Å². The molecule has 6 heteroatoms. The molecule has 2 atom stereocenters. The van der Waals surface area contributed by atoms with Crippen molar-refractivity contribution in [3.8, 4) is 0 Å². The summed E-state index contributed by atoms with van der Waals surface area (Å²) in [6.07, 6.45) is 6.91. The van der Waals surface area contributed by atoms with Crippen molar-refractivity contribution in [3.63, 3.8) is 0 Å². The Morgan fingerprint density at radius 3 is 3.04 bits per heavy atom. The van der Waals surface area contributed by atoms with Crippen LogP contribution in [0.5, 0.6) is 0 Å². The second kappa shape index (κ2) is 6.91. The van der Waals surface area contributed by atoms with Gasteiger partial charge >= 0.3 is 0 Å². The molecule has 1 fully saturated rings. The molecule has 1 aliphatic rings. The van der Waals surface area contributed by atoms with Gasteiger partial charge in [-0.2, -0.15) is 5.10 Å². The second-order valence-electron chi connectivity index (χ2n) is 5.82. The van der Waals surface area contributed by atoms with E-state index in [2.05, 4.69) is 15.4 Å². The number of pyridine rings is 1. The third kappa shape index (κ3) is 3.27. The predicted molar refractivity (Wildman–Crippen MR) is 86.0 cm³/mol. The Balaban J connectivity index is 1.65. The maximum atomic E-state index is 12.4. The molecule has 0 saturated carbocycles. The molecule has 0 bridgehead atoms. The van der Waals surface area contributed by atoms with Crippen molar-refractivity contribution in [2.24, 2.45) is 13.0 Å². The zero-order valence-corrected chi connectivity index (χ0v) is 13.5. The Bertz CT molecular complexity index is 683. The van der Waals surface area contributed by atoms with Gasteiger partial charge in [-0.3, -0.25) is 14.5 Å². The Morgan fingerprint density at radius 1 is 1.43 bits per heavy atom. The molecule has 0 unspecified atom stereocenters. The third-order valence-corrected chi connectivity index (χ3v) is 4.42. The number of ether oxygens (including phenoxy) is 1. The number of carbonyl (C=O) groups excluding carboxylic acids is 1. The molecule has 1 amide bonds. The van der Waals surface area contributed by atoms with E-state index in [1.165, 1.54) is 0 Å². The maximum absolute atomic E-state index is 12.4. The Morgan fingerprint density at radius 2 is 2.30 bits per heavy atom. The smallest absolute Gasteiger partial charge is 0.251 e. The lowest BCUT2D eigenvalue weighted by Crippen LogP contribution is -2.31. The van der Waals surface area contributed by atoms with Crippen LogP contribution in [0.25, 0.3) is 0 Å². The highest BCUT2D eigenvalue weighted by Crippen LogP contribution is 2.33. The van der Waals surface area contributed by atoms with Crippen molar-refractivity contribution in [1.82, 2.24) is 20.1 Å². The Hall–Kier alpha value is -2.21. The molecule has 122 valence electrons. The van der Waals surface area contributed by atoms with Crippen molar-refractivity contribution in [1.29, 1.82) is 0 Å². The van der Waals surface area contributed by atoms with Crippen LogP contribution in [0.4, 0.5) is 0 Å². The zero-order chi connectivity index (χ0) is 16.2. The first-order chi connectivity index (χ1) is 11.2. The number of nitrogens with one attached hydrogen (secondary N) is 1. The quantitative estimate of drug-likeness (QED) is 0.915. The van der Waals surface area contributed by atoms with E-state index in [0.717, 1.165) is 24.1 Å². The van der Waals surface area contributed by atoms with E-state index >= 15 is 0 Å². The van der Waals surface area contributed by atoms with Gasteiger partial charge in [-0.15, -0.1) is 0 Å². The minimum atomic E-state index is -0.0418. The molecule has 1 saturated heterocycles. The summed E-state index contributed by atoms with van der Waals surface area (Å²) in [4.78, 5) is 16.5. The molecule has 6 nitrogen and oxygen atoms in total. The largest absolute Gasteiger partial charge is 0.372 e. The standard InChI is InChI=1S/C17H22N4O2/c1-3-12-10-18-7-4-14(12)17(22)19-11-13-6-9-23-16(13)15-5-8-20-21(15)2/h4-5,7-8,10,13,16H,3,6,9,11H2,1-2H3,(H,19,22)/t13-,16+/m0/s1. The number of amides is 1. The second-order valence-corrected chi connectivity index (χ2v) is 5.82. The highest BCUT2D eigenvalue weighted by atomic mass is 16.5. The normalized spacial score (nSPS) is 20.6. The SMILES string of the molecule is CCc1cnccc1C(=O)NC[C@@H]1CCO[C@H]1c1ccnn1C. The lowest BCUT2D eigenvalue weighted by molar-refractivity contribution is 0.0800. The molecule has 2 aromatic rings. The molecule has 3 heterocycles. The first-order valence-electron chi connectivity index (χ1n) is 8.01. The summed E-state index contributed by atoms with van der Waals surface area (Å²) in [7, 11) is 1.91. The van der Waals surface area contributed by atoms with Gasteiger partial charge in [-0.05, 0) is 30.5 Å². The van der Waals surface area contributed by atoms with E-state index in [1.54, 1.807) is 24.7 Å². The molecule has 23 heavy (non-hydrogen) atoms. The highest BCUT2D eigenvalue weighted by molar-refractivity contribution is 5.95. The molecule has 1 N–H and O–H groups in total. The number of hydrogen-bond donors (Lipinski definition) is 1. The van der Waals surface area contributed by atoms with Gasteiger partial charge in [0.15, 0.2) is 0 Å². The van der Waals surface area contributed by atoms with Crippen molar-refractivity contribution < 1.29 is 9.53 Å². The fourth-order valence-corrected chi connectivity index (χ4v) is 3.08. The minimum Gasteiger partial charge on any atom is -0.372 e. The summed E-state index contributed by atoms with van der Waals surface area (Å²) in [6, 6.07) is 3.75. The van der Waals surface area contributed by atoms with Gasteiger partial charge < -0.3 is 10.1 Å². The minimum absolute atomic E-state index is 0.00844. The summed E-state index contributed by atoms with van der Waals surface area (Å²) < 4.78 is 7.69. The monoisotopic (exact) mass is 314 g/mol. The fourth-order valence-electron chi connectivity index (χ4n) is 3.08. The summed E-state index contributed by atoms with van der Waals surface area (Å²) in [5, 5.41) is 7.25. The van der Waals surface area contributed by atoms with Gasteiger partial charge in [0.1, 0.15) is 6.10 Å². The summed E-state index contributed by atoms with van der Waals surface area (Å²) in [6.45, 7) is 3.34. The molecular formula is C17H22N4O2. The first-order valence-corrected chi connectivity index (χ1v) is 8.01. The molecule has 0 spiro atoms. The van der Waals surface area contributed by atoms with E-state index < -0.39 is 0 Å². The van der Waals surface area contributed by atoms with E-state index in [-0.39, 0.29) is 17.9 Å². The van der Waals surface area contributed by atoms with Crippen LogP contribution in [0.3, 0.4) is 0 Å². The zero-order valence-electron chi connectivity index (χ0n) is 13.5. The number of nitrogens with zero attached hydrogens (tertiary/aromatic N) is 3. The first kappa shape index (κ1) is 15.7. The lowest BCUT2D eigenvalue weighted by Gasteiger charge is -2.19. The molecule has 0 aromatic carbocycles. The Labute approximate surface area is 135 Å². The number of rotatable bonds is 5. The average Bonchev–Trinajstić information content (AvgIpc) is 3.20. The van der Waals surface area contributed by atoms with E-state index in [9.17, 15) is 4.79 Å². The van der Waals surface area contributed by atoms with Crippen LogP contribution >= 0.6 is 0 Å². The number of aromatic nitrogens is 3. The third-order valence-electron chi connectivity index (χ3n) is 4.42. The van der Waals surface area contributed by atoms with Crippen molar-refractivity contribution >= 4 is 5.91 Å². The molecule has 0 aliphatic carbocycles.